The lowest BCUT2D eigenvalue weighted by molar-refractivity contribution is -0.125. The number of aliphatic hydroxyl groups is 1. The fourth-order valence-electron chi connectivity index (χ4n) is 2.30. The molecule has 1 aliphatic carbocycles. The highest BCUT2D eigenvalue weighted by atomic mass is 16.5. The molecule has 0 bridgehead atoms. The van der Waals surface area contributed by atoms with Crippen LogP contribution in [0.3, 0.4) is 0 Å². The number of nitrogens with zero attached hydrogens (tertiary/aromatic N) is 1. The van der Waals surface area contributed by atoms with Crippen LogP contribution < -0.4 is 10.1 Å². The summed E-state index contributed by atoms with van der Waals surface area (Å²) in [6, 6.07) is 8.43. The molecule has 5 heteroatoms. The Morgan fingerprint density at radius 3 is 2.70 bits per heavy atom. The molecule has 5 nitrogen and oxygen atoms in total. The Bertz CT molecular complexity index is 493. The van der Waals surface area contributed by atoms with Crippen molar-refractivity contribution in [1.82, 2.24) is 5.32 Å². The van der Waals surface area contributed by atoms with Gasteiger partial charge < -0.3 is 15.2 Å². The Labute approximate surface area is 118 Å². The lowest BCUT2D eigenvalue weighted by atomic mass is 9.92. The Balaban J connectivity index is 1.78. The molecule has 106 valence electrons. The summed E-state index contributed by atoms with van der Waals surface area (Å²) in [5.74, 6) is 0.309. The fraction of sp³-hybridized carbons (Fsp3) is 0.467. The van der Waals surface area contributed by atoms with Crippen molar-refractivity contribution in [3.63, 3.8) is 0 Å². The zero-order valence-corrected chi connectivity index (χ0v) is 11.2. The predicted molar refractivity (Wildman–Crippen MR) is 73.1 cm³/mol. The monoisotopic (exact) mass is 274 g/mol. The van der Waals surface area contributed by atoms with Crippen LogP contribution in [0.15, 0.2) is 24.3 Å². The van der Waals surface area contributed by atoms with E-state index in [1.807, 2.05) is 6.07 Å². The number of aliphatic hydroxyl groups excluding tert-OH is 1. The van der Waals surface area contributed by atoms with E-state index >= 15 is 0 Å². The number of benzene rings is 1. The number of amides is 1. The summed E-state index contributed by atoms with van der Waals surface area (Å²) in [5.41, 5.74) is 0.548. The summed E-state index contributed by atoms with van der Waals surface area (Å²) in [7, 11) is 0. The fourth-order valence-corrected chi connectivity index (χ4v) is 2.30. The van der Waals surface area contributed by atoms with Gasteiger partial charge in [0.25, 0.3) is 5.91 Å². The maximum Gasteiger partial charge on any atom is 0.258 e. The lowest BCUT2D eigenvalue weighted by Gasteiger charge is -2.28. The van der Waals surface area contributed by atoms with Crippen molar-refractivity contribution in [1.29, 1.82) is 5.26 Å². The quantitative estimate of drug-likeness (QED) is 0.868. The summed E-state index contributed by atoms with van der Waals surface area (Å²) in [4.78, 5) is 11.8. The van der Waals surface area contributed by atoms with Gasteiger partial charge in [0.1, 0.15) is 5.75 Å². The average Bonchev–Trinajstić information content (AvgIpc) is 2.48. The highest BCUT2D eigenvalue weighted by molar-refractivity contribution is 5.77. The van der Waals surface area contributed by atoms with E-state index in [1.165, 1.54) is 0 Å². The van der Waals surface area contributed by atoms with Gasteiger partial charge in [-0.1, -0.05) is 12.8 Å². The number of carbonyl (C=O) groups excluding carboxylic acids is 1. The van der Waals surface area contributed by atoms with Gasteiger partial charge in [0, 0.05) is 0 Å². The maximum absolute atomic E-state index is 11.8. The van der Waals surface area contributed by atoms with Gasteiger partial charge in [-0.25, -0.2) is 0 Å². The zero-order valence-electron chi connectivity index (χ0n) is 11.2. The first-order valence-corrected chi connectivity index (χ1v) is 6.79. The molecule has 1 aliphatic rings. The number of hydrogen-bond acceptors (Lipinski definition) is 4. The van der Waals surface area contributed by atoms with Crippen molar-refractivity contribution in [3.8, 4) is 11.8 Å². The standard InChI is InChI=1S/C15H18N2O3/c16-9-11-5-7-12(8-6-11)20-10-15(19)17-13-3-1-2-4-14(13)18/h5-8,13-14,18H,1-4,10H2,(H,17,19)/t13-,14-/m0/s1. The maximum atomic E-state index is 11.8. The second-order valence-corrected chi connectivity index (χ2v) is 4.95. The van der Waals surface area contributed by atoms with Gasteiger partial charge in [-0.3, -0.25) is 4.79 Å². The highest BCUT2D eigenvalue weighted by Crippen LogP contribution is 2.18. The Morgan fingerprint density at radius 1 is 1.35 bits per heavy atom. The van der Waals surface area contributed by atoms with Crippen LogP contribution >= 0.6 is 0 Å². The van der Waals surface area contributed by atoms with Gasteiger partial charge in [-0.2, -0.15) is 5.26 Å². The summed E-state index contributed by atoms with van der Waals surface area (Å²) in [5, 5.41) is 21.2. The molecule has 0 heterocycles. The minimum absolute atomic E-state index is 0.0882. The molecule has 1 aromatic rings. The van der Waals surface area contributed by atoms with Crippen molar-refractivity contribution in [2.75, 3.05) is 6.61 Å². The number of ether oxygens (including phenoxy) is 1. The minimum atomic E-state index is -0.456. The van der Waals surface area contributed by atoms with Crippen LogP contribution in [0.2, 0.25) is 0 Å². The van der Waals surface area contributed by atoms with E-state index in [9.17, 15) is 9.90 Å². The molecule has 2 N–H and O–H groups in total. The molecule has 0 unspecified atom stereocenters. The number of nitrogens with one attached hydrogen (secondary N) is 1. The molecule has 20 heavy (non-hydrogen) atoms. The zero-order chi connectivity index (χ0) is 14.4. The van der Waals surface area contributed by atoms with E-state index in [2.05, 4.69) is 5.32 Å². The van der Waals surface area contributed by atoms with Crippen molar-refractivity contribution < 1.29 is 14.6 Å². The van der Waals surface area contributed by atoms with Crippen LogP contribution in [-0.2, 0) is 4.79 Å². The predicted octanol–water partition coefficient (Wildman–Crippen LogP) is 1.36. The van der Waals surface area contributed by atoms with E-state index in [4.69, 9.17) is 10.00 Å². The van der Waals surface area contributed by atoms with Gasteiger partial charge in [0.15, 0.2) is 6.61 Å². The Hall–Kier alpha value is -2.06. The number of nitriles is 1. The third kappa shape index (κ3) is 3.97. The van der Waals surface area contributed by atoms with Gasteiger partial charge >= 0.3 is 0 Å². The molecule has 0 saturated heterocycles. The molecule has 1 aromatic carbocycles. The van der Waals surface area contributed by atoms with E-state index in [0.29, 0.717) is 11.3 Å². The summed E-state index contributed by atoms with van der Waals surface area (Å²) < 4.78 is 5.34. The van der Waals surface area contributed by atoms with E-state index in [0.717, 1.165) is 25.7 Å². The summed E-state index contributed by atoms with van der Waals surface area (Å²) in [6.45, 7) is -0.0882. The number of hydrogen-bond donors (Lipinski definition) is 2. The van der Waals surface area contributed by atoms with Crippen molar-refractivity contribution in [2.45, 2.75) is 37.8 Å². The van der Waals surface area contributed by atoms with E-state index in [1.54, 1.807) is 24.3 Å². The van der Waals surface area contributed by atoms with Crippen molar-refractivity contribution in [2.24, 2.45) is 0 Å². The topological polar surface area (TPSA) is 82.3 Å². The van der Waals surface area contributed by atoms with Crippen molar-refractivity contribution in [3.05, 3.63) is 29.8 Å². The second kappa shape index (κ2) is 6.92. The van der Waals surface area contributed by atoms with Gasteiger partial charge in [-0.15, -0.1) is 0 Å². The molecular weight excluding hydrogens is 256 g/mol. The summed E-state index contributed by atoms with van der Waals surface area (Å²) in [6.07, 6.45) is 3.13. The molecule has 1 saturated carbocycles. The third-order valence-corrected chi connectivity index (χ3v) is 3.43. The third-order valence-electron chi connectivity index (χ3n) is 3.43. The average molecular weight is 274 g/mol. The molecule has 2 atom stereocenters. The van der Waals surface area contributed by atoms with Crippen molar-refractivity contribution >= 4 is 5.91 Å². The lowest BCUT2D eigenvalue weighted by Crippen LogP contribution is -2.46. The first-order valence-electron chi connectivity index (χ1n) is 6.79. The number of carbonyl (C=O) groups is 1. The van der Waals surface area contributed by atoms with E-state index < -0.39 is 6.10 Å². The second-order valence-electron chi connectivity index (χ2n) is 4.95. The first-order chi connectivity index (χ1) is 9.69. The molecule has 1 fully saturated rings. The molecule has 0 aliphatic heterocycles. The SMILES string of the molecule is N#Cc1ccc(OCC(=O)N[C@H]2CCCC[C@@H]2O)cc1. The largest absolute Gasteiger partial charge is 0.484 e. The first kappa shape index (κ1) is 14.4. The van der Waals surface area contributed by atoms with Crippen LogP contribution in [-0.4, -0.2) is 29.8 Å². The van der Waals surface area contributed by atoms with E-state index in [-0.39, 0.29) is 18.6 Å². The molecule has 0 aromatic heterocycles. The van der Waals surface area contributed by atoms with Crippen LogP contribution in [0.25, 0.3) is 0 Å². The molecule has 0 radical (unpaired) electrons. The van der Waals surface area contributed by atoms with Crippen LogP contribution in [0, 0.1) is 11.3 Å². The van der Waals surface area contributed by atoms with Gasteiger partial charge in [0.2, 0.25) is 0 Å². The normalized spacial score (nSPS) is 21.8. The minimum Gasteiger partial charge on any atom is -0.484 e. The molecule has 2 rings (SSSR count). The Morgan fingerprint density at radius 2 is 2.05 bits per heavy atom. The summed E-state index contributed by atoms with van der Waals surface area (Å²) >= 11 is 0. The Kier molecular flexibility index (Phi) is 4.97. The van der Waals surface area contributed by atoms with Crippen LogP contribution in [0.4, 0.5) is 0 Å². The molecule has 1 amide bonds. The van der Waals surface area contributed by atoms with Crippen LogP contribution in [0.5, 0.6) is 5.75 Å². The van der Waals surface area contributed by atoms with Crippen LogP contribution in [0.1, 0.15) is 31.2 Å². The molecule has 0 spiro atoms. The van der Waals surface area contributed by atoms with Gasteiger partial charge in [0.05, 0.1) is 23.8 Å². The smallest absolute Gasteiger partial charge is 0.258 e. The highest BCUT2D eigenvalue weighted by Gasteiger charge is 2.24. The van der Waals surface area contributed by atoms with Gasteiger partial charge in [-0.05, 0) is 37.1 Å². The molecular formula is C15H18N2O3. The number of rotatable bonds is 4.